The van der Waals surface area contributed by atoms with Crippen LogP contribution in [0.1, 0.15) is 11.1 Å². The van der Waals surface area contributed by atoms with Gasteiger partial charge in [-0.2, -0.15) is 17.5 Å². The Kier molecular flexibility index (Phi) is 7.72. The number of morpholine rings is 1. The van der Waals surface area contributed by atoms with Gasteiger partial charge in [0.1, 0.15) is 0 Å². The quantitative estimate of drug-likeness (QED) is 0.610. The molecule has 0 saturated carbocycles. The van der Waals surface area contributed by atoms with Crippen molar-refractivity contribution in [1.82, 2.24) is 9.62 Å². The van der Waals surface area contributed by atoms with E-state index in [2.05, 4.69) is 10.6 Å². The molecule has 33 heavy (non-hydrogen) atoms. The van der Waals surface area contributed by atoms with E-state index in [9.17, 15) is 31.2 Å². The van der Waals surface area contributed by atoms with Gasteiger partial charge in [0.15, 0.2) is 0 Å². The standard InChI is InChI=1S/C21H22F3N3O5S/c22-21(23,24)16-2-1-3-17(14-16)26-20(29)19(28)25-9-8-15-4-6-18(7-5-15)33(30,31)27-10-12-32-13-11-27/h1-7,14H,8-13H2,(H,25,28)(H,26,29). The fourth-order valence-electron chi connectivity index (χ4n) is 3.13. The van der Waals surface area contributed by atoms with Crippen molar-refractivity contribution in [2.75, 3.05) is 38.2 Å². The smallest absolute Gasteiger partial charge is 0.379 e. The summed E-state index contributed by atoms with van der Waals surface area (Å²) in [4.78, 5) is 24.0. The van der Waals surface area contributed by atoms with Crippen molar-refractivity contribution in [1.29, 1.82) is 0 Å². The Labute approximate surface area is 188 Å². The van der Waals surface area contributed by atoms with Gasteiger partial charge in [0.05, 0.1) is 23.7 Å². The molecule has 1 fully saturated rings. The van der Waals surface area contributed by atoms with E-state index in [0.717, 1.165) is 23.8 Å². The molecule has 0 unspecified atom stereocenters. The molecule has 2 N–H and O–H groups in total. The topological polar surface area (TPSA) is 105 Å². The predicted molar refractivity (Wildman–Crippen MR) is 113 cm³/mol. The van der Waals surface area contributed by atoms with Gasteiger partial charge in [-0.15, -0.1) is 0 Å². The second-order valence-electron chi connectivity index (χ2n) is 7.20. The van der Waals surface area contributed by atoms with Crippen LogP contribution < -0.4 is 10.6 Å². The maximum atomic E-state index is 12.7. The lowest BCUT2D eigenvalue weighted by Gasteiger charge is -2.26. The van der Waals surface area contributed by atoms with E-state index in [0.29, 0.717) is 32.7 Å². The minimum atomic E-state index is -4.57. The summed E-state index contributed by atoms with van der Waals surface area (Å²) in [6, 6.07) is 10.1. The number of carbonyl (C=O) groups is 2. The van der Waals surface area contributed by atoms with Crippen molar-refractivity contribution >= 4 is 27.5 Å². The molecule has 178 valence electrons. The second kappa shape index (κ2) is 10.3. The molecule has 2 amide bonds. The lowest BCUT2D eigenvalue weighted by atomic mass is 10.1. The number of ether oxygens (including phenoxy) is 1. The zero-order valence-corrected chi connectivity index (χ0v) is 18.2. The third-order valence-corrected chi connectivity index (χ3v) is 6.80. The molecule has 1 saturated heterocycles. The van der Waals surface area contributed by atoms with E-state index >= 15 is 0 Å². The number of benzene rings is 2. The van der Waals surface area contributed by atoms with Crippen LogP contribution in [0.3, 0.4) is 0 Å². The minimum Gasteiger partial charge on any atom is -0.379 e. The van der Waals surface area contributed by atoms with Crippen LogP contribution in [0.25, 0.3) is 0 Å². The SMILES string of the molecule is O=C(NCCc1ccc(S(=O)(=O)N2CCOCC2)cc1)C(=O)Nc1cccc(C(F)(F)F)c1. The van der Waals surface area contributed by atoms with E-state index in [1.165, 1.54) is 22.5 Å². The molecule has 8 nitrogen and oxygen atoms in total. The Bertz CT molecular complexity index is 1100. The Morgan fingerprint density at radius 3 is 2.30 bits per heavy atom. The average Bonchev–Trinajstić information content (AvgIpc) is 2.79. The van der Waals surface area contributed by atoms with Crippen LogP contribution in [0.2, 0.25) is 0 Å². The number of alkyl halides is 3. The maximum absolute atomic E-state index is 12.7. The van der Waals surface area contributed by atoms with Crippen LogP contribution in [0.4, 0.5) is 18.9 Å². The molecule has 2 aromatic rings. The molecule has 1 aliphatic rings. The predicted octanol–water partition coefficient (Wildman–Crippen LogP) is 2.02. The van der Waals surface area contributed by atoms with Gasteiger partial charge in [0.25, 0.3) is 0 Å². The molecule has 0 radical (unpaired) electrons. The molecule has 0 aromatic heterocycles. The number of halogens is 3. The highest BCUT2D eigenvalue weighted by molar-refractivity contribution is 7.89. The van der Waals surface area contributed by atoms with E-state index in [1.54, 1.807) is 12.1 Å². The zero-order chi connectivity index (χ0) is 24.1. The number of nitrogens with one attached hydrogen (secondary N) is 2. The molecule has 12 heteroatoms. The molecule has 3 rings (SSSR count). The first-order valence-corrected chi connectivity index (χ1v) is 11.4. The third-order valence-electron chi connectivity index (χ3n) is 4.88. The van der Waals surface area contributed by atoms with Gasteiger partial charge in [-0.05, 0) is 42.3 Å². The third kappa shape index (κ3) is 6.53. The molecule has 1 aliphatic heterocycles. The Morgan fingerprint density at radius 1 is 1.00 bits per heavy atom. The summed E-state index contributed by atoms with van der Waals surface area (Å²) < 4.78 is 70.0. The van der Waals surface area contributed by atoms with Crippen molar-refractivity contribution in [3.05, 3.63) is 59.7 Å². The summed E-state index contributed by atoms with van der Waals surface area (Å²) in [5.41, 5.74) is -0.364. The van der Waals surface area contributed by atoms with Crippen LogP contribution in [0.15, 0.2) is 53.4 Å². The first-order valence-electron chi connectivity index (χ1n) is 10.0. The summed E-state index contributed by atoms with van der Waals surface area (Å²) in [5, 5.41) is 4.51. The van der Waals surface area contributed by atoms with Crippen LogP contribution in [-0.2, 0) is 36.9 Å². The van der Waals surface area contributed by atoms with Gasteiger partial charge in [-0.3, -0.25) is 9.59 Å². The van der Waals surface area contributed by atoms with Gasteiger partial charge >= 0.3 is 18.0 Å². The monoisotopic (exact) mass is 485 g/mol. The van der Waals surface area contributed by atoms with Crippen LogP contribution >= 0.6 is 0 Å². The first-order chi connectivity index (χ1) is 15.6. The molecular formula is C21H22F3N3O5S. The lowest BCUT2D eigenvalue weighted by Crippen LogP contribution is -2.40. The van der Waals surface area contributed by atoms with Crippen molar-refractivity contribution in [2.24, 2.45) is 0 Å². The summed E-state index contributed by atoms with van der Waals surface area (Å²) in [6.45, 7) is 1.35. The number of anilines is 1. The van der Waals surface area contributed by atoms with Crippen molar-refractivity contribution < 1.29 is 35.9 Å². The number of amides is 2. The largest absolute Gasteiger partial charge is 0.416 e. The molecule has 0 aliphatic carbocycles. The summed E-state index contributed by atoms with van der Waals surface area (Å²) in [5.74, 6) is -2.10. The average molecular weight is 485 g/mol. The van der Waals surface area contributed by atoms with Gasteiger partial charge in [0, 0.05) is 25.3 Å². The normalized spacial score (nSPS) is 15.1. The van der Waals surface area contributed by atoms with E-state index in [-0.39, 0.29) is 17.1 Å². The molecule has 0 atom stereocenters. The number of hydrogen-bond acceptors (Lipinski definition) is 5. The number of nitrogens with zero attached hydrogens (tertiary/aromatic N) is 1. The molecule has 0 bridgehead atoms. The van der Waals surface area contributed by atoms with Crippen molar-refractivity contribution in [3.63, 3.8) is 0 Å². The van der Waals surface area contributed by atoms with E-state index in [1.807, 2.05) is 0 Å². The Morgan fingerprint density at radius 2 is 1.67 bits per heavy atom. The Hall–Kier alpha value is -2.96. The van der Waals surface area contributed by atoms with Crippen LogP contribution in [-0.4, -0.2) is 57.4 Å². The molecule has 2 aromatic carbocycles. The van der Waals surface area contributed by atoms with E-state index in [4.69, 9.17) is 4.74 Å². The summed E-state index contributed by atoms with van der Waals surface area (Å²) in [7, 11) is -3.61. The first kappa shape index (κ1) is 24.7. The lowest BCUT2D eigenvalue weighted by molar-refractivity contribution is -0.137. The van der Waals surface area contributed by atoms with Crippen molar-refractivity contribution in [2.45, 2.75) is 17.5 Å². The van der Waals surface area contributed by atoms with Gasteiger partial charge < -0.3 is 15.4 Å². The Balaban J connectivity index is 1.50. The number of rotatable bonds is 6. The van der Waals surface area contributed by atoms with Gasteiger partial charge in [0.2, 0.25) is 10.0 Å². The molecule has 0 spiro atoms. The summed E-state index contributed by atoms with van der Waals surface area (Å²) >= 11 is 0. The number of sulfonamides is 1. The fraction of sp³-hybridized carbons (Fsp3) is 0.333. The fourth-order valence-corrected chi connectivity index (χ4v) is 4.53. The van der Waals surface area contributed by atoms with Gasteiger partial charge in [-0.1, -0.05) is 18.2 Å². The molecule has 1 heterocycles. The highest BCUT2D eigenvalue weighted by Gasteiger charge is 2.30. The minimum absolute atomic E-state index is 0.0738. The van der Waals surface area contributed by atoms with Crippen LogP contribution in [0.5, 0.6) is 0 Å². The summed E-state index contributed by atoms with van der Waals surface area (Å²) in [6.07, 6.45) is -4.25. The highest BCUT2D eigenvalue weighted by Crippen LogP contribution is 2.30. The number of carbonyl (C=O) groups excluding carboxylic acids is 2. The van der Waals surface area contributed by atoms with Crippen molar-refractivity contribution in [3.8, 4) is 0 Å². The zero-order valence-electron chi connectivity index (χ0n) is 17.4. The molecular weight excluding hydrogens is 463 g/mol. The highest BCUT2D eigenvalue weighted by atomic mass is 32.2. The van der Waals surface area contributed by atoms with Crippen LogP contribution in [0, 0.1) is 0 Å². The van der Waals surface area contributed by atoms with Gasteiger partial charge in [-0.25, -0.2) is 8.42 Å². The number of hydrogen-bond donors (Lipinski definition) is 2. The van der Waals surface area contributed by atoms with E-state index < -0.39 is 33.6 Å². The second-order valence-corrected chi connectivity index (χ2v) is 9.14. The maximum Gasteiger partial charge on any atom is 0.416 e.